The van der Waals surface area contributed by atoms with Crippen LogP contribution < -0.4 is 11.5 Å². The minimum atomic E-state index is -5.60. The molecule has 0 bridgehead atoms. The predicted molar refractivity (Wildman–Crippen MR) is 196 cm³/mol. The second-order valence-corrected chi connectivity index (χ2v) is 22.3. The molecule has 2 aliphatic heterocycles. The van der Waals surface area contributed by atoms with E-state index in [0.717, 1.165) is 13.3 Å². The van der Waals surface area contributed by atoms with E-state index in [1.165, 1.54) is 12.7 Å². The maximum absolute atomic E-state index is 11.7. The lowest BCUT2D eigenvalue weighted by Crippen LogP contribution is -2.26. The lowest BCUT2D eigenvalue weighted by atomic mass is 10.2. The number of nitrogens with two attached hydrogens (primary N) is 2. The van der Waals surface area contributed by atoms with Gasteiger partial charge in [-0.15, -0.1) is 0 Å². The number of hydrogen-bond acceptors (Lipinski definition) is 19. The zero-order valence-electron chi connectivity index (χ0n) is 29.9. The molecule has 4 aromatic heterocycles. The van der Waals surface area contributed by atoms with Crippen LogP contribution in [0.25, 0.3) is 22.3 Å². The van der Waals surface area contributed by atoms with E-state index < -0.39 is 73.1 Å². The smallest absolute Gasteiger partial charge is 0.394 e. The highest BCUT2D eigenvalue weighted by molar-refractivity contribution is 7.87. The first-order valence-corrected chi connectivity index (χ1v) is 23.7. The van der Waals surface area contributed by atoms with Crippen molar-refractivity contribution in [3.63, 3.8) is 0 Å². The average molecular weight is 902 g/mol. The number of anilines is 2. The van der Waals surface area contributed by atoms with Crippen molar-refractivity contribution >= 4 is 81.6 Å². The third-order valence-electron chi connectivity index (χ3n) is 7.54. The summed E-state index contributed by atoms with van der Waals surface area (Å²) in [4.78, 5) is 24.1. The molecule has 6 rings (SSSR count). The lowest BCUT2D eigenvalue weighted by Gasteiger charge is -2.16. The Morgan fingerprint density at radius 3 is 1.66 bits per heavy atom. The molecule has 29 heteroatoms. The molecule has 0 spiro atoms. The van der Waals surface area contributed by atoms with Crippen molar-refractivity contribution in [3.8, 4) is 0 Å². The van der Waals surface area contributed by atoms with Crippen molar-refractivity contribution in [1.29, 1.82) is 0 Å². The molecule has 0 aliphatic carbocycles. The van der Waals surface area contributed by atoms with Gasteiger partial charge in [0.25, 0.3) is 0 Å². The zero-order valence-corrected chi connectivity index (χ0v) is 34.0. The van der Waals surface area contributed by atoms with Crippen LogP contribution in [0.5, 0.6) is 0 Å². The average Bonchev–Trinajstić information content (AvgIpc) is 3.84. The number of nitrogens with zero attached hydrogens (tertiary/aromatic N) is 8. The third-order valence-corrected chi connectivity index (χ3v) is 10.6. The molecule has 21 nitrogen and oxygen atoms in total. The van der Waals surface area contributed by atoms with Gasteiger partial charge in [0, 0.05) is 12.8 Å². The van der Waals surface area contributed by atoms with E-state index in [2.05, 4.69) is 34.1 Å². The van der Waals surface area contributed by atoms with Crippen molar-refractivity contribution in [3.05, 3.63) is 23.2 Å². The Bertz CT molecular complexity index is 2210. The molecule has 7 N–H and O–H groups in total. The summed E-state index contributed by atoms with van der Waals surface area (Å²) in [5.74, 6) is 0.370. The van der Waals surface area contributed by atoms with Gasteiger partial charge in [-0.1, -0.05) is 0 Å². The van der Waals surface area contributed by atoms with Crippen molar-refractivity contribution < 1.29 is 64.4 Å². The first-order chi connectivity index (χ1) is 25.8. The van der Waals surface area contributed by atoms with Gasteiger partial charge in [-0.3, -0.25) is 13.3 Å². The Morgan fingerprint density at radius 1 is 0.839 bits per heavy atom. The number of hydrogen-bond donors (Lipinski definition) is 5. The molecule has 6 heterocycles. The number of rotatable bonds is 10. The summed E-state index contributed by atoms with van der Waals surface area (Å²) in [6.07, 6.45) is -0.603. The molecule has 4 aromatic rings. The first kappa shape index (κ1) is 45.9. The summed E-state index contributed by atoms with van der Waals surface area (Å²) in [6, 6.07) is 0. The summed E-state index contributed by atoms with van der Waals surface area (Å²) in [7, 11) is -10.8. The largest absolute Gasteiger partial charge is 0.523 e. The molecule has 2 saturated heterocycles. The number of imidazole rings is 2. The van der Waals surface area contributed by atoms with Crippen LogP contribution in [0.2, 0.25) is 10.6 Å². The van der Waals surface area contributed by atoms with Crippen LogP contribution >= 0.6 is 37.5 Å². The van der Waals surface area contributed by atoms with Crippen LogP contribution in [-0.2, 0) is 37.6 Å². The van der Waals surface area contributed by atoms with Gasteiger partial charge >= 0.3 is 15.6 Å². The zero-order chi connectivity index (χ0) is 42.0. The van der Waals surface area contributed by atoms with Crippen LogP contribution in [-0.4, -0.2) is 145 Å². The summed E-state index contributed by atoms with van der Waals surface area (Å²) in [5.41, 5.74) is 7.77. The van der Waals surface area contributed by atoms with Gasteiger partial charge < -0.3 is 50.1 Å². The molecule has 0 saturated carbocycles. The van der Waals surface area contributed by atoms with Crippen LogP contribution in [0.15, 0.2) is 12.7 Å². The van der Waals surface area contributed by atoms with E-state index in [1.807, 2.05) is 0 Å². The molecule has 0 aromatic carbocycles. The van der Waals surface area contributed by atoms with Gasteiger partial charge in [-0.2, -0.15) is 41.5 Å². The van der Waals surface area contributed by atoms with E-state index in [0.29, 0.717) is 35.2 Å². The Hall–Kier alpha value is -2.80. The topological polar surface area (TPSA) is 305 Å². The minimum Gasteiger partial charge on any atom is -0.394 e. The molecule has 0 radical (unpaired) electrons. The van der Waals surface area contributed by atoms with Crippen molar-refractivity contribution in [1.82, 2.24) is 39.0 Å². The quantitative estimate of drug-likeness (QED) is 0.0661. The molecular formula is C27H39Cl2F3N10O11P2S. The monoisotopic (exact) mass is 900 g/mol. The number of nitrogen functional groups attached to an aromatic ring is 2. The fourth-order valence-electron chi connectivity index (χ4n) is 4.98. The summed E-state index contributed by atoms with van der Waals surface area (Å²) < 4.78 is 101. The number of fused-ring (bicyclic) bond motifs is 2. The Kier molecular flexibility index (Phi) is 14.7. The Morgan fingerprint density at radius 2 is 1.27 bits per heavy atom. The standard InChI is InChI=1S/C13H19ClN5O4P.C10H12ClN5O3.C4H8F3O4PS/c1-24(2,21)6-22-4-8-7(20)3-9(23-8)19-5-16-10-11(15)17-13(14)18-12(10)19;11-10-14-8(12)7-9(15-10)16(3-13-7)6-1-4(18)5(2-17)19-6;1-12(2,8)3-11-13(9,10)4(5,6)7/h5,7-9,20H,3-4,6H2,1-2H3,(H2,15,17,18);3-6,17-18H,1-2H2,(H2,12,14,15);3H2,1-2H3/t7-,8+,9+;4-,5+,6+;/m00./s1. The highest BCUT2D eigenvalue weighted by Crippen LogP contribution is 2.39. The highest BCUT2D eigenvalue weighted by Gasteiger charge is 2.47. The number of aliphatic hydroxyl groups is 3. The predicted octanol–water partition coefficient (Wildman–Crippen LogP) is 2.44. The lowest BCUT2D eigenvalue weighted by molar-refractivity contribution is -0.0551. The molecular weight excluding hydrogens is 862 g/mol. The van der Waals surface area contributed by atoms with E-state index in [1.54, 1.807) is 22.5 Å². The van der Waals surface area contributed by atoms with Gasteiger partial charge in [0.05, 0.1) is 44.4 Å². The molecule has 0 amide bonds. The summed E-state index contributed by atoms with van der Waals surface area (Å²) in [5, 5.41) is 29.0. The number of alkyl halides is 3. The Balaban J connectivity index is 0.000000196. The summed E-state index contributed by atoms with van der Waals surface area (Å²) >= 11 is 11.6. The fraction of sp³-hybridized carbons (Fsp3) is 0.630. The van der Waals surface area contributed by atoms with E-state index in [9.17, 15) is 40.9 Å². The second-order valence-electron chi connectivity index (χ2n) is 13.2. The molecule has 2 fully saturated rings. The molecule has 6 atom stereocenters. The fourth-order valence-corrected chi connectivity index (χ4v) is 7.57. The van der Waals surface area contributed by atoms with Crippen LogP contribution in [0.1, 0.15) is 25.3 Å². The molecule has 314 valence electrons. The van der Waals surface area contributed by atoms with Gasteiger partial charge in [-0.05, 0) is 49.9 Å². The second kappa shape index (κ2) is 18.0. The van der Waals surface area contributed by atoms with Gasteiger partial charge in [0.15, 0.2) is 22.9 Å². The van der Waals surface area contributed by atoms with Gasteiger partial charge in [0.2, 0.25) is 10.6 Å². The number of halogens is 5. The van der Waals surface area contributed by atoms with E-state index in [-0.39, 0.29) is 41.8 Å². The number of ether oxygens (including phenoxy) is 3. The van der Waals surface area contributed by atoms with Gasteiger partial charge in [0.1, 0.15) is 56.3 Å². The minimum absolute atomic E-state index is 0.0156. The first-order valence-electron chi connectivity index (χ1n) is 16.0. The third kappa shape index (κ3) is 11.9. The molecule has 56 heavy (non-hydrogen) atoms. The Labute approximate surface area is 326 Å². The van der Waals surface area contributed by atoms with Crippen molar-refractivity contribution in [2.75, 3.05) is 64.0 Å². The van der Waals surface area contributed by atoms with Crippen molar-refractivity contribution in [2.24, 2.45) is 0 Å². The normalized spacial score (nSPS) is 23.2. The van der Waals surface area contributed by atoms with Crippen LogP contribution in [0, 0.1) is 0 Å². The molecule has 0 unspecified atom stereocenters. The van der Waals surface area contributed by atoms with Crippen LogP contribution in [0.4, 0.5) is 24.8 Å². The van der Waals surface area contributed by atoms with E-state index >= 15 is 0 Å². The number of aliphatic hydroxyl groups excluding tert-OH is 3. The summed E-state index contributed by atoms with van der Waals surface area (Å²) in [6.45, 7) is 5.45. The van der Waals surface area contributed by atoms with E-state index in [4.69, 9.17) is 54.0 Å². The SMILES string of the molecule is CP(C)(=O)COC[C@H]1O[C@@H](n2cnc3c(N)nc(Cl)nc32)C[C@@H]1O.CP(C)(=O)COS(=O)(=O)C(F)(F)F.Nc1nc(Cl)nc2c1ncn2[C@H]1C[C@H](O)[C@@H](CO)O1. The highest BCUT2D eigenvalue weighted by atomic mass is 35.5. The molecule has 2 aliphatic rings. The van der Waals surface area contributed by atoms with Crippen molar-refractivity contribution in [2.45, 2.75) is 55.2 Å². The van der Waals surface area contributed by atoms with Crippen LogP contribution in [0.3, 0.4) is 0 Å². The maximum Gasteiger partial charge on any atom is 0.523 e. The van der Waals surface area contributed by atoms with Gasteiger partial charge in [-0.25, -0.2) is 9.97 Å². The number of aromatic nitrogens is 8. The maximum atomic E-state index is 11.7.